The quantitative estimate of drug-likeness (QED) is 0.677. The van der Waals surface area contributed by atoms with Crippen LogP contribution in [-0.2, 0) is 0 Å². The van der Waals surface area contributed by atoms with Crippen molar-refractivity contribution in [3.63, 3.8) is 0 Å². The van der Waals surface area contributed by atoms with Gasteiger partial charge in [-0.15, -0.1) is 0 Å². The van der Waals surface area contributed by atoms with Crippen LogP contribution in [0.5, 0.6) is 0 Å². The zero-order valence-corrected chi connectivity index (χ0v) is 8.28. The standard InChI is InChI=1S/C12H12O2/c1-8(2)11(13)10-5-3-4-9-6-7-14-12(9)10/h3-8H,1-2H3. The molecule has 2 heteroatoms. The fourth-order valence-electron chi connectivity index (χ4n) is 1.50. The number of carbonyl (C=O) groups excluding carboxylic acids is 1. The highest BCUT2D eigenvalue weighted by Crippen LogP contribution is 2.22. The highest BCUT2D eigenvalue weighted by molar-refractivity contribution is 6.06. The van der Waals surface area contributed by atoms with Crippen LogP contribution in [0, 0.1) is 5.92 Å². The number of hydrogen-bond acceptors (Lipinski definition) is 2. The van der Waals surface area contributed by atoms with Gasteiger partial charge in [0.25, 0.3) is 0 Å². The van der Waals surface area contributed by atoms with Crippen LogP contribution < -0.4 is 0 Å². The molecule has 0 aliphatic heterocycles. The van der Waals surface area contributed by atoms with Crippen molar-refractivity contribution < 1.29 is 9.21 Å². The van der Waals surface area contributed by atoms with Gasteiger partial charge in [0.05, 0.1) is 11.8 Å². The van der Waals surface area contributed by atoms with Crippen molar-refractivity contribution in [2.75, 3.05) is 0 Å². The first kappa shape index (κ1) is 9.00. The Morgan fingerprint density at radius 2 is 2.07 bits per heavy atom. The van der Waals surface area contributed by atoms with Crippen LogP contribution in [0.2, 0.25) is 0 Å². The Labute approximate surface area is 82.5 Å². The van der Waals surface area contributed by atoms with Gasteiger partial charge in [-0.3, -0.25) is 4.79 Å². The predicted octanol–water partition coefficient (Wildman–Crippen LogP) is 3.27. The summed E-state index contributed by atoms with van der Waals surface area (Å²) in [6, 6.07) is 7.50. The minimum atomic E-state index is 0.00528. The number of hydrogen-bond donors (Lipinski definition) is 0. The zero-order chi connectivity index (χ0) is 10.1. The number of benzene rings is 1. The molecule has 1 aromatic carbocycles. The molecule has 0 saturated heterocycles. The Morgan fingerprint density at radius 3 is 2.79 bits per heavy atom. The molecular weight excluding hydrogens is 176 g/mol. The molecule has 0 unspecified atom stereocenters. The van der Waals surface area contributed by atoms with Gasteiger partial charge in [0.15, 0.2) is 5.78 Å². The first-order valence-corrected chi connectivity index (χ1v) is 4.70. The van der Waals surface area contributed by atoms with Gasteiger partial charge >= 0.3 is 0 Å². The average molecular weight is 188 g/mol. The Bertz CT molecular complexity index is 466. The number of para-hydroxylation sites is 1. The van der Waals surface area contributed by atoms with Crippen molar-refractivity contribution in [3.05, 3.63) is 36.1 Å². The van der Waals surface area contributed by atoms with Crippen LogP contribution in [0.15, 0.2) is 34.9 Å². The van der Waals surface area contributed by atoms with Gasteiger partial charge in [-0.25, -0.2) is 0 Å². The van der Waals surface area contributed by atoms with E-state index in [-0.39, 0.29) is 11.7 Å². The number of ketones is 1. The molecule has 2 nitrogen and oxygen atoms in total. The average Bonchev–Trinajstić information content (AvgIpc) is 2.63. The minimum absolute atomic E-state index is 0.00528. The van der Waals surface area contributed by atoms with E-state index in [1.807, 2.05) is 38.1 Å². The van der Waals surface area contributed by atoms with Crippen LogP contribution >= 0.6 is 0 Å². The Kier molecular flexibility index (Phi) is 2.12. The summed E-state index contributed by atoms with van der Waals surface area (Å²) in [5.41, 5.74) is 1.38. The van der Waals surface area contributed by atoms with Gasteiger partial charge < -0.3 is 4.42 Å². The molecule has 0 amide bonds. The molecule has 2 aromatic rings. The summed E-state index contributed by atoms with van der Waals surface area (Å²) in [5.74, 6) is 0.135. The largest absolute Gasteiger partial charge is 0.464 e. The molecule has 0 bridgehead atoms. The maximum Gasteiger partial charge on any atom is 0.169 e. The SMILES string of the molecule is CC(C)C(=O)c1cccc2ccoc12. The molecular formula is C12H12O2. The minimum Gasteiger partial charge on any atom is -0.464 e. The third-order valence-corrected chi connectivity index (χ3v) is 2.27. The second kappa shape index (κ2) is 3.29. The van der Waals surface area contributed by atoms with Gasteiger partial charge in [0.1, 0.15) is 5.58 Å². The topological polar surface area (TPSA) is 30.2 Å². The van der Waals surface area contributed by atoms with Crippen molar-refractivity contribution in [3.8, 4) is 0 Å². The van der Waals surface area contributed by atoms with Crippen molar-refractivity contribution >= 4 is 16.8 Å². The molecule has 0 radical (unpaired) electrons. The third kappa shape index (κ3) is 1.33. The van der Waals surface area contributed by atoms with Crippen LogP contribution in [0.1, 0.15) is 24.2 Å². The normalized spacial score (nSPS) is 11.1. The number of furan rings is 1. The number of carbonyl (C=O) groups is 1. The van der Waals surface area contributed by atoms with Crippen molar-refractivity contribution in [1.29, 1.82) is 0 Å². The number of rotatable bonds is 2. The first-order chi connectivity index (χ1) is 6.70. The molecule has 0 aliphatic carbocycles. The van der Waals surface area contributed by atoms with Crippen molar-refractivity contribution in [2.24, 2.45) is 5.92 Å². The van der Waals surface area contributed by atoms with Gasteiger partial charge in [-0.2, -0.15) is 0 Å². The molecule has 0 fully saturated rings. The lowest BCUT2D eigenvalue weighted by atomic mass is 10.00. The third-order valence-electron chi connectivity index (χ3n) is 2.27. The summed E-state index contributed by atoms with van der Waals surface area (Å²) in [6.45, 7) is 3.79. The number of Topliss-reactive ketones (excluding diaryl/α,β-unsaturated/α-hetero) is 1. The van der Waals surface area contributed by atoms with Crippen LogP contribution in [0.3, 0.4) is 0 Å². The summed E-state index contributed by atoms with van der Waals surface area (Å²) >= 11 is 0. The molecule has 14 heavy (non-hydrogen) atoms. The van der Waals surface area contributed by atoms with E-state index in [0.717, 1.165) is 5.39 Å². The van der Waals surface area contributed by atoms with Crippen molar-refractivity contribution in [2.45, 2.75) is 13.8 Å². The van der Waals surface area contributed by atoms with Crippen molar-refractivity contribution in [1.82, 2.24) is 0 Å². The predicted molar refractivity (Wildman–Crippen MR) is 55.4 cm³/mol. The molecule has 0 N–H and O–H groups in total. The number of fused-ring (bicyclic) bond motifs is 1. The van der Waals surface area contributed by atoms with Crippen LogP contribution in [0.25, 0.3) is 11.0 Å². The highest BCUT2D eigenvalue weighted by Gasteiger charge is 2.14. The lowest BCUT2D eigenvalue weighted by Crippen LogP contribution is -2.07. The smallest absolute Gasteiger partial charge is 0.169 e. The lowest BCUT2D eigenvalue weighted by Gasteiger charge is -2.03. The summed E-state index contributed by atoms with van der Waals surface area (Å²) in [6.07, 6.45) is 1.61. The van der Waals surface area contributed by atoms with Gasteiger partial charge in [-0.1, -0.05) is 26.0 Å². The first-order valence-electron chi connectivity index (χ1n) is 4.70. The molecule has 72 valence electrons. The van der Waals surface area contributed by atoms with Crippen LogP contribution in [0.4, 0.5) is 0 Å². The molecule has 1 aromatic heterocycles. The van der Waals surface area contributed by atoms with E-state index in [9.17, 15) is 4.79 Å². The monoisotopic (exact) mass is 188 g/mol. The fraction of sp³-hybridized carbons (Fsp3) is 0.250. The Morgan fingerprint density at radius 1 is 1.29 bits per heavy atom. The maximum absolute atomic E-state index is 11.8. The van der Waals surface area contributed by atoms with E-state index in [4.69, 9.17) is 4.42 Å². The van der Waals surface area contributed by atoms with Crippen LogP contribution in [-0.4, -0.2) is 5.78 Å². The van der Waals surface area contributed by atoms with Gasteiger partial charge in [0.2, 0.25) is 0 Å². The molecule has 0 atom stereocenters. The molecule has 0 saturated carbocycles. The van der Waals surface area contributed by atoms with Gasteiger partial charge in [-0.05, 0) is 12.1 Å². The lowest BCUT2D eigenvalue weighted by molar-refractivity contribution is 0.0940. The zero-order valence-electron chi connectivity index (χ0n) is 8.28. The Hall–Kier alpha value is -1.57. The maximum atomic E-state index is 11.8. The molecule has 0 aliphatic rings. The summed E-state index contributed by atoms with van der Waals surface area (Å²) < 4.78 is 5.30. The highest BCUT2D eigenvalue weighted by atomic mass is 16.3. The van der Waals surface area contributed by atoms with E-state index in [0.29, 0.717) is 11.1 Å². The Balaban J connectivity index is 2.62. The molecule has 0 spiro atoms. The molecule has 2 rings (SSSR count). The van der Waals surface area contributed by atoms with E-state index >= 15 is 0 Å². The molecule has 1 heterocycles. The van der Waals surface area contributed by atoms with E-state index in [1.165, 1.54) is 0 Å². The second-order valence-electron chi connectivity index (χ2n) is 3.66. The fourth-order valence-corrected chi connectivity index (χ4v) is 1.50. The van der Waals surface area contributed by atoms with E-state index in [1.54, 1.807) is 6.26 Å². The summed E-state index contributed by atoms with van der Waals surface area (Å²) in [5, 5.41) is 0.983. The van der Waals surface area contributed by atoms with E-state index < -0.39 is 0 Å². The second-order valence-corrected chi connectivity index (χ2v) is 3.66. The summed E-state index contributed by atoms with van der Waals surface area (Å²) in [7, 11) is 0. The van der Waals surface area contributed by atoms with Gasteiger partial charge in [0, 0.05) is 11.3 Å². The summed E-state index contributed by atoms with van der Waals surface area (Å²) in [4.78, 5) is 11.8. The van der Waals surface area contributed by atoms with E-state index in [2.05, 4.69) is 0 Å².